The Balaban J connectivity index is 0.00000300. The quantitative estimate of drug-likeness (QED) is 0.246. The van der Waals surface area contributed by atoms with Gasteiger partial charge in [-0.05, 0) is 31.0 Å². The van der Waals surface area contributed by atoms with Gasteiger partial charge in [0.15, 0.2) is 11.1 Å². The molecule has 0 saturated carbocycles. The second kappa shape index (κ2) is 10.5. The second-order valence-corrected chi connectivity index (χ2v) is 9.30. The molecule has 0 atom stereocenters. The van der Waals surface area contributed by atoms with Gasteiger partial charge < -0.3 is 15.5 Å². The van der Waals surface area contributed by atoms with E-state index >= 15 is 0 Å². The molecule has 1 aromatic heterocycles. The SMILES string of the molecule is Cc1ccc(C)c(S(=O)(=O)NCCN=C(N)N2CCN(c3nccs3)CC2)c1.I. The van der Waals surface area contributed by atoms with Gasteiger partial charge in [0.2, 0.25) is 10.0 Å². The Labute approximate surface area is 193 Å². The molecule has 0 radical (unpaired) electrons. The molecule has 2 heterocycles. The van der Waals surface area contributed by atoms with Gasteiger partial charge in [0.25, 0.3) is 0 Å². The molecule has 0 spiro atoms. The number of hydrogen-bond acceptors (Lipinski definition) is 6. The molecular weight excluding hydrogens is 523 g/mol. The van der Waals surface area contributed by atoms with E-state index in [1.54, 1.807) is 24.3 Å². The van der Waals surface area contributed by atoms with Crippen molar-refractivity contribution in [3.8, 4) is 0 Å². The van der Waals surface area contributed by atoms with E-state index in [4.69, 9.17) is 5.73 Å². The van der Waals surface area contributed by atoms with E-state index in [9.17, 15) is 8.42 Å². The average Bonchev–Trinajstić information content (AvgIpc) is 3.22. The number of piperazine rings is 1. The number of thiazole rings is 1. The Hall–Kier alpha value is -1.44. The van der Waals surface area contributed by atoms with Gasteiger partial charge in [-0.15, -0.1) is 35.3 Å². The van der Waals surface area contributed by atoms with Crippen molar-refractivity contribution in [2.45, 2.75) is 18.7 Å². The first kappa shape index (κ1) is 23.8. The summed E-state index contributed by atoms with van der Waals surface area (Å²) in [5.74, 6) is 0.449. The van der Waals surface area contributed by atoms with Crippen LogP contribution >= 0.6 is 35.3 Å². The molecule has 2 aromatic rings. The van der Waals surface area contributed by atoms with Crippen LogP contribution in [0, 0.1) is 13.8 Å². The largest absolute Gasteiger partial charge is 0.370 e. The summed E-state index contributed by atoms with van der Waals surface area (Å²) in [7, 11) is -3.55. The van der Waals surface area contributed by atoms with E-state index in [0.29, 0.717) is 17.4 Å². The topological polar surface area (TPSA) is 104 Å². The van der Waals surface area contributed by atoms with Crippen molar-refractivity contribution in [3.05, 3.63) is 40.9 Å². The Bertz CT molecular complexity index is 926. The number of nitrogens with one attached hydrogen (secondary N) is 1. The van der Waals surface area contributed by atoms with Crippen molar-refractivity contribution >= 4 is 56.4 Å². The van der Waals surface area contributed by atoms with Crippen LogP contribution < -0.4 is 15.4 Å². The fraction of sp³-hybridized carbons (Fsp3) is 0.444. The van der Waals surface area contributed by atoms with Crippen molar-refractivity contribution in [2.75, 3.05) is 44.2 Å². The Kier molecular flexibility index (Phi) is 8.67. The maximum absolute atomic E-state index is 12.5. The number of nitrogens with zero attached hydrogens (tertiary/aromatic N) is 4. The van der Waals surface area contributed by atoms with E-state index in [1.807, 2.05) is 35.5 Å². The van der Waals surface area contributed by atoms with Crippen LogP contribution in [0.4, 0.5) is 5.13 Å². The van der Waals surface area contributed by atoms with E-state index in [1.165, 1.54) is 0 Å². The third-order valence-corrected chi connectivity index (χ3v) is 7.04. The van der Waals surface area contributed by atoms with E-state index in [2.05, 4.69) is 19.6 Å². The molecule has 1 aliphatic rings. The van der Waals surface area contributed by atoms with Crippen LogP contribution in [0.5, 0.6) is 0 Å². The lowest BCUT2D eigenvalue weighted by Gasteiger charge is -2.35. The van der Waals surface area contributed by atoms with Crippen molar-refractivity contribution in [1.82, 2.24) is 14.6 Å². The minimum atomic E-state index is -3.55. The minimum Gasteiger partial charge on any atom is -0.370 e. The van der Waals surface area contributed by atoms with Crippen LogP contribution in [0.15, 0.2) is 39.7 Å². The zero-order chi connectivity index (χ0) is 20.1. The highest BCUT2D eigenvalue weighted by atomic mass is 127. The summed E-state index contributed by atoms with van der Waals surface area (Å²) in [6.45, 7) is 7.36. The van der Waals surface area contributed by atoms with Gasteiger partial charge in [-0.2, -0.15) is 0 Å². The Morgan fingerprint density at radius 1 is 1.28 bits per heavy atom. The molecule has 0 unspecified atom stereocenters. The third kappa shape index (κ3) is 6.27. The third-order valence-electron chi connectivity index (χ3n) is 4.60. The fourth-order valence-electron chi connectivity index (χ4n) is 3.02. The summed E-state index contributed by atoms with van der Waals surface area (Å²) < 4.78 is 27.6. The molecule has 3 rings (SSSR count). The molecule has 0 bridgehead atoms. The van der Waals surface area contributed by atoms with Gasteiger partial charge in [-0.1, -0.05) is 12.1 Å². The van der Waals surface area contributed by atoms with Crippen molar-refractivity contribution in [1.29, 1.82) is 0 Å². The molecule has 1 saturated heterocycles. The molecule has 11 heteroatoms. The smallest absolute Gasteiger partial charge is 0.240 e. The van der Waals surface area contributed by atoms with Crippen molar-refractivity contribution in [2.24, 2.45) is 10.7 Å². The first-order valence-corrected chi connectivity index (χ1v) is 11.5. The van der Waals surface area contributed by atoms with Crippen LogP contribution in [-0.4, -0.2) is 63.5 Å². The lowest BCUT2D eigenvalue weighted by atomic mass is 10.2. The van der Waals surface area contributed by atoms with Crippen molar-refractivity contribution in [3.63, 3.8) is 0 Å². The number of hydrogen-bond donors (Lipinski definition) is 2. The highest BCUT2D eigenvalue weighted by Gasteiger charge is 2.20. The van der Waals surface area contributed by atoms with Crippen LogP contribution in [-0.2, 0) is 10.0 Å². The predicted molar refractivity (Wildman–Crippen MR) is 129 cm³/mol. The fourth-order valence-corrected chi connectivity index (χ4v) is 5.07. The lowest BCUT2D eigenvalue weighted by molar-refractivity contribution is 0.380. The van der Waals surface area contributed by atoms with Gasteiger partial charge >= 0.3 is 0 Å². The number of rotatable bonds is 6. The molecule has 0 amide bonds. The maximum atomic E-state index is 12.5. The zero-order valence-electron chi connectivity index (χ0n) is 16.5. The predicted octanol–water partition coefficient (Wildman–Crippen LogP) is 1.79. The van der Waals surface area contributed by atoms with Crippen molar-refractivity contribution < 1.29 is 8.42 Å². The Morgan fingerprint density at radius 3 is 2.66 bits per heavy atom. The molecule has 1 fully saturated rings. The number of aryl methyl sites for hydroxylation is 2. The highest BCUT2D eigenvalue weighted by molar-refractivity contribution is 14.0. The first-order chi connectivity index (χ1) is 13.4. The highest BCUT2D eigenvalue weighted by Crippen LogP contribution is 2.19. The van der Waals surface area contributed by atoms with Crippen LogP contribution in [0.3, 0.4) is 0 Å². The maximum Gasteiger partial charge on any atom is 0.240 e. The molecule has 160 valence electrons. The summed E-state index contributed by atoms with van der Waals surface area (Å²) in [5, 5.41) is 2.99. The monoisotopic (exact) mass is 550 g/mol. The average molecular weight is 550 g/mol. The van der Waals surface area contributed by atoms with Gasteiger partial charge in [-0.3, -0.25) is 4.99 Å². The number of sulfonamides is 1. The number of nitrogens with two attached hydrogens (primary N) is 1. The van der Waals surface area contributed by atoms with E-state index < -0.39 is 10.0 Å². The van der Waals surface area contributed by atoms with Gasteiger partial charge in [0, 0.05) is 44.3 Å². The second-order valence-electron chi connectivity index (χ2n) is 6.70. The first-order valence-electron chi connectivity index (χ1n) is 9.13. The van der Waals surface area contributed by atoms with Gasteiger partial charge in [-0.25, -0.2) is 18.1 Å². The lowest BCUT2D eigenvalue weighted by Crippen LogP contribution is -2.51. The number of guanidine groups is 1. The van der Waals surface area contributed by atoms with Crippen LogP contribution in [0.2, 0.25) is 0 Å². The molecule has 29 heavy (non-hydrogen) atoms. The molecule has 1 aliphatic heterocycles. The standard InChI is InChI=1S/C18H26N6O2S2.HI/c1-14-3-4-15(2)16(13-14)28(25,26)22-6-5-20-17(19)23-8-10-24(11-9-23)18-21-7-12-27-18;/h3-4,7,12-13,22H,5-6,8-11H2,1-2H3,(H2,19,20);1H. The molecule has 0 aliphatic carbocycles. The normalized spacial score (nSPS) is 15.3. The van der Waals surface area contributed by atoms with E-state index in [-0.39, 0.29) is 30.5 Å². The Morgan fingerprint density at radius 2 is 2.00 bits per heavy atom. The number of aliphatic imine (C=N–C) groups is 1. The molecule has 3 N–H and O–H groups in total. The number of benzene rings is 1. The van der Waals surface area contributed by atoms with Crippen LogP contribution in [0.1, 0.15) is 11.1 Å². The molecule has 8 nitrogen and oxygen atoms in total. The summed E-state index contributed by atoms with van der Waals surface area (Å²) in [6.07, 6.45) is 1.81. The van der Waals surface area contributed by atoms with E-state index in [0.717, 1.165) is 42.4 Å². The summed E-state index contributed by atoms with van der Waals surface area (Å²) in [5.41, 5.74) is 7.71. The number of aromatic nitrogens is 1. The summed E-state index contributed by atoms with van der Waals surface area (Å²) in [6, 6.07) is 5.39. The summed E-state index contributed by atoms with van der Waals surface area (Å²) in [4.78, 5) is 13.2. The molecular formula is C18H27IN6O2S2. The summed E-state index contributed by atoms with van der Waals surface area (Å²) >= 11 is 1.63. The molecule has 1 aromatic carbocycles. The number of halogens is 1. The zero-order valence-corrected chi connectivity index (χ0v) is 20.5. The van der Waals surface area contributed by atoms with Gasteiger partial charge in [0.1, 0.15) is 0 Å². The van der Waals surface area contributed by atoms with Gasteiger partial charge in [0.05, 0.1) is 11.4 Å². The van der Waals surface area contributed by atoms with Crippen LogP contribution in [0.25, 0.3) is 0 Å². The number of anilines is 1. The minimum absolute atomic E-state index is 0.